The fourth-order valence-corrected chi connectivity index (χ4v) is 4.38. The molecule has 2 aromatic rings. The quantitative estimate of drug-likeness (QED) is 0.809. The van der Waals surface area contributed by atoms with Crippen LogP contribution in [0.25, 0.3) is 0 Å². The Labute approximate surface area is 153 Å². The number of hydrogen-bond donors (Lipinski definition) is 1. The summed E-state index contributed by atoms with van der Waals surface area (Å²) in [6.07, 6.45) is 1.95. The molecule has 0 atom stereocenters. The van der Waals surface area contributed by atoms with Crippen LogP contribution >= 0.6 is 0 Å². The Morgan fingerprint density at radius 3 is 2.50 bits per heavy atom. The van der Waals surface area contributed by atoms with Crippen molar-refractivity contribution in [3.05, 3.63) is 54.6 Å². The molecule has 1 N–H and O–H groups in total. The van der Waals surface area contributed by atoms with E-state index in [0.717, 1.165) is 12.8 Å². The molecule has 1 heterocycles. The zero-order valence-corrected chi connectivity index (χ0v) is 15.2. The molecule has 1 aliphatic heterocycles. The van der Waals surface area contributed by atoms with Crippen LogP contribution in [0.1, 0.15) is 19.3 Å². The first-order valence-corrected chi connectivity index (χ1v) is 10.1. The topological polar surface area (TPSA) is 75.7 Å². The number of nitrogens with zero attached hydrogens (tertiary/aromatic N) is 1. The van der Waals surface area contributed by atoms with Gasteiger partial charge in [-0.3, -0.25) is 4.79 Å². The van der Waals surface area contributed by atoms with E-state index >= 15 is 0 Å². The molecule has 0 spiro atoms. The zero-order valence-electron chi connectivity index (χ0n) is 14.4. The number of ether oxygens (including phenoxy) is 1. The number of nitrogens with one attached hydrogen (secondary N) is 1. The van der Waals surface area contributed by atoms with Crippen LogP contribution in [-0.2, 0) is 14.8 Å². The molecule has 26 heavy (non-hydrogen) atoms. The van der Waals surface area contributed by atoms with E-state index in [1.807, 2.05) is 30.3 Å². The minimum atomic E-state index is -3.49. The predicted molar refractivity (Wildman–Crippen MR) is 99.6 cm³/mol. The summed E-state index contributed by atoms with van der Waals surface area (Å²) in [7, 11) is -3.49. The van der Waals surface area contributed by atoms with E-state index in [0.29, 0.717) is 24.5 Å². The summed E-state index contributed by atoms with van der Waals surface area (Å²) in [5, 5.41) is 2.73. The Morgan fingerprint density at radius 2 is 1.77 bits per heavy atom. The number of anilines is 1. The fourth-order valence-electron chi connectivity index (χ4n) is 2.81. The molecule has 0 saturated carbocycles. The van der Waals surface area contributed by atoms with E-state index in [2.05, 4.69) is 5.32 Å². The summed E-state index contributed by atoms with van der Waals surface area (Å²) < 4.78 is 32.2. The maximum Gasteiger partial charge on any atom is 0.243 e. The predicted octanol–water partition coefficient (Wildman–Crippen LogP) is 2.88. The van der Waals surface area contributed by atoms with Crippen molar-refractivity contribution in [2.45, 2.75) is 24.2 Å². The van der Waals surface area contributed by atoms with E-state index < -0.39 is 10.0 Å². The summed E-state index contributed by atoms with van der Waals surface area (Å²) >= 11 is 0. The third kappa shape index (κ3) is 4.62. The molecular formula is C19H22N2O4S. The number of amides is 1. The van der Waals surface area contributed by atoms with Gasteiger partial charge in [-0.15, -0.1) is 0 Å². The van der Waals surface area contributed by atoms with Crippen LogP contribution < -0.4 is 10.1 Å². The number of sulfonamides is 1. The van der Waals surface area contributed by atoms with Gasteiger partial charge in [0.15, 0.2) is 0 Å². The van der Waals surface area contributed by atoms with Gasteiger partial charge in [-0.1, -0.05) is 24.3 Å². The molecule has 1 saturated heterocycles. The smallest absolute Gasteiger partial charge is 0.243 e. The molecule has 138 valence electrons. The Bertz CT molecular complexity index is 847. The number of hydrogen-bond acceptors (Lipinski definition) is 4. The lowest BCUT2D eigenvalue weighted by Gasteiger charge is -2.16. The van der Waals surface area contributed by atoms with Crippen molar-refractivity contribution in [2.75, 3.05) is 25.0 Å². The first-order chi connectivity index (χ1) is 12.6. The molecule has 0 aromatic heterocycles. The van der Waals surface area contributed by atoms with Crippen molar-refractivity contribution in [3.8, 4) is 5.75 Å². The van der Waals surface area contributed by atoms with Gasteiger partial charge in [0.2, 0.25) is 15.9 Å². The SMILES string of the molecule is O=C(CCOc1ccccc1)Nc1cccc(S(=O)(=O)N2CCCC2)c1. The highest BCUT2D eigenvalue weighted by molar-refractivity contribution is 7.89. The van der Waals surface area contributed by atoms with Gasteiger partial charge >= 0.3 is 0 Å². The van der Waals surface area contributed by atoms with Crippen LogP contribution in [0.15, 0.2) is 59.5 Å². The molecule has 0 aliphatic carbocycles. The normalized spacial score (nSPS) is 14.9. The van der Waals surface area contributed by atoms with Crippen molar-refractivity contribution < 1.29 is 17.9 Å². The molecular weight excluding hydrogens is 352 g/mol. The van der Waals surface area contributed by atoms with Gasteiger partial charge in [-0.2, -0.15) is 4.31 Å². The highest BCUT2D eigenvalue weighted by atomic mass is 32.2. The molecule has 1 fully saturated rings. The average molecular weight is 374 g/mol. The zero-order chi connectivity index (χ0) is 18.4. The van der Waals surface area contributed by atoms with E-state index in [1.165, 1.54) is 10.4 Å². The number of carbonyl (C=O) groups is 1. The van der Waals surface area contributed by atoms with Crippen LogP contribution in [0.5, 0.6) is 5.75 Å². The van der Waals surface area contributed by atoms with Gasteiger partial charge in [0.1, 0.15) is 5.75 Å². The molecule has 2 aromatic carbocycles. The second-order valence-electron chi connectivity index (χ2n) is 6.10. The minimum Gasteiger partial charge on any atom is -0.493 e. The van der Waals surface area contributed by atoms with Crippen molar-refractivity contribution in [3.63, 3.8) is 0 Å². The van der Waals surface area contributed by atoms with Crippen molar-refractivity contribution >= 4 is 21.6 Å². The number of rotatable bonds is 7. The average Bonchev–Trinajstić information content (AvgIpc) is 3.18. The van der Waals surface area contributed by atoms with Crippen LogP contribution in [0.3, 0.4) is 0 Å². The molecule has 0 radical (unpaired) electrons. The van der Waals surface area contributed by atoms with Crippen molar-refractivity contribution in [1.29, 1.82) is 0 Å². The third-order valence-electron chi connectivity index (χ3n) is 4.16. The molecule has 6 nitrogen and oxygen atoms in total. The number of para-hydroxylation sites is 1. The first kappa shape index (κ1) is 18.4. The molecule has 1 amide bonds. The van der Waals surface area contributed by atoms with Gasteiger partial charge in [0.05, 0.1) is 17.9 Å². The van der Waals surface area contributed by atoms with E-state index in [9.17, 15) is 13.2 Å². The Balaban J connectivity index is 1.57. The third-order valence-corrected chi connectivity index (χ3v) is 6.06. The van der Waals surface area contributed by atoms with Crippen molar-refractivity contribution in [2.24, 2.45) is 0 Å². The summed E-state index contributed by atoms with van der Waals surface area (Å²) in [6.45, 7) is 1.35. The van der Waals surface area contributed by atoms with Crippen LogP contribution in [-0.4, -0.2) is 38.3 Å². The highest BCUT2D eigenvalue weighted by Crippen LogP contribution is 2.23. The minimum absolute atomic E-state index is 0.179. The maximum absolute atomic E-state index is 12.6. The van der Waals surface area contributed by atoms with Crippen LogP contribution in [0.2, 0.25) is 0 Å². The van der Waals surface area contributed by atoms with E-state index in [4.69, 9.17) is 4.74 Å². The first-order valence-electron chi connectivity index (χ1n) is 8.64. The lowest BCUT2D eigenvalue weighted by Crippen LogP contribution is -2.28. The molecule has 0 unspecified atom stereocenters. The summed E-state index contributed by atoms with van der Waals surface area (Å²) in [6, 6.07) is 15.6. The lowest BCUT2D eigenvalue weighted by molar-refractivity contribution is -0.116. The largest absolute Gasteiger partial charge is 0.493 e. The summed E-state index contributed by atoms with van der Waals surface area (Å²) in [4.78, 5) is 12.3. The van der Waals surface area contributed by atoms with Crippen LogP contribution in [0, 0.1) is 0 Å². The number of benzene rings is 2. The van der Waals surface area contributed by atoms with Gasteiger partial charge < -0.3 is 10.1 Å². The second kappa shape index (κ2) is 8.33. The van der Waals surface area contributed by atoms with E-state index in [1.54, 1.807) is 18.2 Å². The lowest BCUT2D eigenvalue weighted by atomic mass is 10.3. The Kier molecular flexibility index (Phi) is 5.90. The van der Waals surface area contributed by atoms with Gasteiger partial charge in [-0.25, -0.2) is 8.42 Å². The summed E-state index contributed by atoms with van der Waals surface area (Å²) in [5.74, 6) is 0.482. The molecule has 1 aliphatic rings. The van der Waals surface area contributed by atoms with Gasteiger partial charge in [-0.05, 0) is 43.2 Å². The highest BCUT2D eigenvalue weighted by Gasteiger charge is 2.27. The maximum atomic E-state index is 12.6. The fraction of sp³-hybridized carbons (Fsp3) is 0.316. The van der Waals surface area contributed by atoms with E-state index in [-0.39, 0.29) is 23.8 Å². The van der Waals surface area contributed by atoms with Crippen LogP contribution in [0.4, 0.5) is 5.69 Å². The Hall–Kier alpha value is -2.38. The molecule has 3 rings (SSSR count). The standard InChI is InChI=1S/C19H22N2O4S/c22-19(11-14-25-17-8-2-1-3-9-17)20-16-7-6-10-18(15-16)26(23,24)21-12-4-5-13-21/h1-3,6-10,15H,4-5,11-14H2,(H,20,22). The number of carbonyl (C=O) groups excluding carboxylic acids is 1. The van der Waals surface area contributed by atoms with Gasteiger partial charge in [0.25, 0.3) is 0 Å². The second-order valence-corrected chi connectivity index (χ2v) is 8.04. The molecule has 7 heteroatoms. The molecule has 0 bridgehead atoms. The summed E-state index contributed by atoms with van der Waals surface area (Å²) in [5.41, 5.74) is 0.468. The van der Waals surface area contributed by atoms with Gasteiger partial charge in [0, 0.05) is 18.8 Å². The van der Waals surface area contributed by atoms with Crippen molar-refractivity contribution in [1.82, 2.24) is 4.31 Å². The monoisotopic (exact) mass is 374 g/mol. The Morgan fingerprint density at radius 1 is 1.04 bits per heavy atom.